The molecule has 1 saturated heterocycles. The molecule has 0 unspecified atom stereocenters. The number of hydrogen-bond acceptors (Lipinski definition) is 5. The molecule has 38 heavy (non-hydrogen) atoms. The van der Waals surface area contributed by atoms with Gasteiger partial charge in [-0.3, -0.25) is 19.1 Å². The Hall–Kier alpha value is -3.88. The highest BCUT2D eigenvalue weighted by molar-refractivity contribution is 6.05. The van der Waals surface area contributed by atoms with E-state index in [9.17, 15) is 14.0 Å². The van der Waals surface area contributed by atoms with Crippen molar-refractivity contribution in [1.82, 2.24) is 29.5 Å². The van der Waals surface area contributed by atoms with E-state index in [1.54, 1.807) is 23.4 Å². The second kappa shape index (κ2) is 8.85. The number of fused-ring (bicyclic) bond motifs is 1. The fourth-order valence-corrected chi connectivity index (χ4v) is 6.49. The normalized spacial score (nSPS) is 19.1. The number of amides is 1. The van der Waals surface area contributed by atoms with Crippen molar-refractivity contribution >= 4 is 11.6 Å². The van der Waals surface area contributed by atoms with E-state index in [-0.39, 0.29) is 34.4 Å². The zero-order valence-corrected chi connectivity index (χ0v) is 21.1. The van der Waals surface area contributed by atoms with Crippen LogP contribution in [0.3, 0.4) is 0 Å². The number of rotatable bonds is 6. The molecule has 4 heterocycles. The summed E-state index contributed by atoms with van der Waals surface area (Å²) < 4.78 is 14.3. The molecule has 2 aliphatic carbocycles. The van der Waals surface area contributed by atoms with E-state index >= 15 is 0 Å². The number of hydrogen-bond donors (Lipinski definition) is 1. The van der Waals surface area contributed by atoms with Crippen LogP contribution in [0.2, 0.25) is 0 Å². The Morgan fingerprint density at radius 1 is 1.08 bits per heavy atom. The highest BCUT2D eigenvalue weighted by Crippen LogP contribution is 2.58. The summed E-state index contributed by atoms with van der Waals surface area (Å²) in [6, 6.07) is 11.6. The topological polar surface area (TPSA) is 96.2 Å². The summed E-state index contributed by atoms with van der Waals surface area (Å²) in [5.74, 6) is 0.584. The number of carbonyl (C=O) groups excluding carboxylic acids is 1. The zero-order chi connectivity index (χ0) is 25.9. The molecule has 3 aromatic heterocycles. The third kappa shape index (κ3) is 3.67. The minimum atomic E-state index is -0.466. The molecule has 3 fully saturated rings. The predicted molar refractivity (Wildman–Crippen MR) is 141 cm³/mol. The lowest BCUT2D eigenvalue weighted by Crippen LogP contribution is -2.50. The number of benzene rings is 1. The van der Waals surface area contributed by atoms with E-state index in [0.29, 0.717) is 29.9 Å². The van der Waals surface area contributed by atoms with Crippen molar-refractivity contribution in [2.75, 3.05) is 19.8 Å². The first-order chi connectivity index (χ1) is 18.6. The molecule has 0 bridgehead atoms. The Balaban J connectivity index is 1.30. The minimum absolute atomic E-state index is 0.163. The molecule has 1 amide bonds. The van der Waals surface area contributed by atoms with Gasteiger partial charge >= 0.3 is 0 Å². The Morgan fingerprint density at radius 3 is 2.45 bits per heavy atom. The molecule has 7 rings (SSSR count). The number of aromatic nitrogens is 5. The van der Waals surface area contributed by atoms with Gasteiger partial charge in [-0.1, -0.05) is 37.1 Å². The Morgan fingerprint density at radius 2 is 1.79 bits per heavy atom. The van der Waals surface area contributed by atoms with Gasteiger partial charge in [0.25, 0.3) is 11.5 Å². The molecular weight excluding hydrogens is 483 g/mol. The molecule has 0 atom stereocenters. The van der Waals surface area contributed by atoms with Gasteiger partial charge in [0, 0.05) is 43.0 Å². The van der Waals surface area contributed by atoms with Crippen molar-refractivity contribution in [2.24, 2.45) is 11.8 Å². The monoisotopic (exact) mass is 512 g/mol. The van der Waals surface area contributed by atoms with Crippen LogP contribution in [-0.2, 0) is 5.41 Å². The Kier molecular flexibility index (Phi) is 5.42. The van der Waals surface area contributed by atoms with Crippen LogP contribution in [0.15, 0.2) is 53.6 Å². The standard InChI is InChI=1S/C29H29FN6O2/c30-15-18-16-35(17-18)28(38)24-25(26-31-12-3-13-32-26)34-36-23(37)14-22(33-27(24)36)19-6-8-21(9-7-19)29(10-11-29)20-4-1-2-5-20/h3,6-9,12-14,18,20,34H,1-2,4-5,10-11,15-17H2. The van der Waals surface area contributed by atoms with E-state index in [1.807, 2.05) is 12.1 Å². The van der Waals surface area contributed by atoms with Crippen LogP contribution in [0.25, 0.3) is 28.4 Å². The quantitative estimate of drug-likeness (QED) is 0.413. The molecule has 1 N–H and O–H groups in total. The summed E-state index contributed by atoms with van der Waals surface area (Å²) >= 11 is 0. The van der Waals surface area contributed by atoms with Gasteiger partial charge in [-0.2, -0.15) is 0 Å². The van der Waals surface area contributed by atoms with Gasteiger partial charge in [0.2, 0.25) is 0 Å². The van der Waals surface area contributed by atoms with E-state index < -0.39 is 6.67 Å². The summed E-state index contributed by atoms with van der Waals surface area (Å²) in [6.45, 7) is 0.192. The van der Waals surface area contributed by atoms with Crippen molar-refractivity contribution < 1.29 is 9.18 Å². The number of carbonyl (C=O) groups is 1. The lowest BCUT2D eigenvalue weighted by atomic mass is 9.81. The fourth-order valence-electron chi connectivity index (χ4n) is 6.49. The molecule has 8 nitrogen and oxygen atoms in total. The van der Waals surface area contributed by atoms with Crippen LogP contribution in [0, 0.1) is 11.8 Å². The molecule has 194 valence electrons. The number of H-pyrrole nitrogens is 1. The smallest absolute Gasteiger partial charge is 0.273 e. The predicted octanol–water partition coefficient (Wildman–Crippen LogP) is 4.41. The first-order valence-electron chi connectivity index (χ1n) is 13.5. The fraction of sp³-hybridized carbons (Fsp3) is 0.414. The maximum Gasteiger partial charge on any atom is 0.273 e. The first kappa shape index (κ1) is 23.3. The van der Waals surface area contributed by atoms with Crippen molar-refractivity contribution in [3.8, 4) is 22.8 Å². The van der Waals surface area contributed by atoms with Crippen LogP contribution in [0.1, 0.15) is 54.4 Å². The minimum Gasteiger partial charge on any atom is -0.338 e. The summed E-state index contributed by atoms with van der Waals surface area (Å²) in [7, 11) is 0. The largest absolute Gasteiger partial charge is 0.338 e. The van der Waals surface area contributed by atoms with Gasteiger partial charge < -0.3 is 4.90 Å². The van der Waals surface area contributed by atoms with E-state index in [4.69, 9.17) is 4.98 Å². The summed E-state index contributed by atoms with van der Waals surface area (Å²) in [5.41, 5.74) is 3.47. The van der Waals surface area contributed by atoms with Gasteiger partial charge in [0.05, 0.1) is 12.4 Å². The lowest BCUT2D eigenvalue weighted by molar-refractivity contribution is 0.0455. The molecule has 2 saturated carbocycles. The first-order valence-corrected chi connectivity index (χ1v) is 13.5. The molecule has 3 aliphatic rings. The summed E-state index contributed by atoms with van der Waals surface area (Å²) in [4.78, 5) is 41.7. The van der Waals surface area contributed by atoms with Crippen LogP contribution in [0.4, 0.5) is 4.39 Å². The number of alkyl halides is 1. The SMILES string of the molecule is O=C(c1c(-c2ncccn2)[nH]n2c(=O)cc(-c3ccc(C4(C5CCCC5)CC4)cc3)nc12)N1CC(CF)C1. The van der Waals surface area contributed by atoms with Crippen molar-refractivity contribution in [3.63, 3.8) is 0 Å². The average molecular weight is 513 g/mol. The molecule has 4 aromatic rings. The highest BCUT2D eigenvalue weighted by atomic mass is 19.1. The molecule has 0 radical (unpaired) electrons. The Bertz CT molecular complexity index is 1560. The van der Waals surface area contributed by atoms with Crippen LogP contribution < -0.4 is 5.56 Å². The molecule has 9 heteroatoms. The van der Waals surface area contributed by atoms with Gasteiger partial charge in [-0.25, -0.2) is 19.5 Å². The summed E-state index contributed by atoms with van der Waals surface area (Å²) in [5, 5.41) is 3.00. The van der Waals surface area contributed by atoms with Crippen LogP contribution >= 0.6 is 0 Å². The lowest BCUT2D eigenvalue weighted by Gasteiger charge is -2.37. The van der Waals surface area contributed by atoms with E-state index in [2.05, 4.69) is 27.2 Å². The molecule has 1 aromatic carbocycles. The van der Waals surface area contributed by atoms with Gasteiger partial charge in [0.1, 0.15) is 11.3 Å². The highest BCUT2D eigenvalue weighted by Gasteiger charge is 2.50. The van der Waals surface area contributed by atoms with Crippen molar-refractivity contribution in [2.45, 2.75) is 43.9 Å². The number of halogens is 1. The second-order valence-corrected chi connectivity index (χ2v) is 11.0. The average Bonchev–Trinajstić information content (AvgIpc) is 3.35. The maximum absolute atomic E-state index is 13.6. The second-order valence-electron chi connectivity index (χ2n) is 11.0. The van der Waals surface area contributed by atoms with Crippen LogP contribution in [-0.4, -0.2) is 55.1 Å². The van der Waals surface area contributed by atoms with Gasteiger partial charge in [-0.05, 0) is 48.6 Å². The summed E-state index contributed by atoms with van der Waals surface area (Å²) in [6.07, 6.45) is 11.0. The van der Waals surface area contributed by atoms with Gasteiger partial charge in [-0.15, -0.1) is 0 Å². The number of nitrogens with one attached hydrogen (secondary N) is 1. The third-order valence-corrected chi connectivity index (χ3v) is 8.76. The number of likely N-dealkylation sites (tertiary alicyclic amines) is 1. The molecule has 0 spiro atoms. The Labute approximate surface area is 218 Å². The van der Waals surface area contributed by atoms with E-state index in [0.717, 1.165) is 11.5 Å². The van der Waals surface area contributed by atoms with Gasteiger partial charge in [0.15, 0.2) is 11.5 Å². The van der Waals surface area contributed by atoms with E-state index in [1.165, 1.54) is 54.7 Å². The maximum atomic E-state index is 13.6. The number of aromatic amines is 1. The van der Waals surface area contributed by atoms with Crippen LogP contribution in [0.5, 0.6) is 0 Å². The van der Waals surface area contributed by atoms with Crippen molar-refractivity contribution in [1.29, 1.82) is 0 Å². The third-order valence-electron chi connectivity index (χ3n) is 8.76. The number of nitrogens with zero attached hydrogens (tertiary/aromatic N) is 5. The zero-order valence-electron chi connectivity index (χ0n) is 21.1. The molecule has 1 aliphatic heterocycles. The van der Waals surface area contributed by atoms with Crippen molar-refractivity contribution in [3.05, 3.63) is 70.3 Å². The molecular formula is C29H29FN6O2.